The second-order valence-corrected chi connectivity index (χ2v) is 17.1. The number of hydrogen-bond donors (Lipinski definition) is 2. The highest BCUT2D eigenvalue weighted by Crippen LogP contribution is 2.29. The van der Waals surface area contributed by atoms with Crippen molar-refractivity contribution in [3.05, 3.63) is 55.9 Å². The Balaban J connectivity index is 1.06. The van der Waals surface area contributed by atoms with Gasteiger partial charge < -0.3 is 30.4 Å². The molecule has 0 saturated heterocycles. The third kappa shape index (κ3) is 15.6. The van der Waals surface area contributed by atoms with Crippen LogP contribution in [0.2, 0.25) is 0 Å². The average molecular weight is 751 g/mol. The molecule has 10 heteroatoms. The number of esters is 2. The highest BCUT2D eigenvalue weighted by atomic mass is 32.1. The van der Waals surface area contributed by atoms with Crippen molar-refractivity contribution in [2.45, 2.75) is 116 Å². The SMILES string of the molecule is CC1CCC(OCC#Cc2ccc(C(N)C[C@@H](C)COC(=O)/C=C\C(=O)OC[C@H](C)CC(N)c3ccc(C#CCOC4CCC(C)CC4)s3)s2)CC1. The quantitative estimate of drug-likeness (QED) is 0.100. The van der Waals surface area contributed by atoms with Crippen LogP contribution < -0.4 is 11.5 Å². The predicted octanol–water partition coefficient (Wildman–Crippen LogP) is 8.10. The van der Waals surface area contributed by atoms with Crippen molar-refractivity contribution in [3.8, 4) is 23.7 Å². The van der Waals surface area contributed by atoms with Crippen LogP contribution in [0.3, 0.4) is 0 Å². The van der Waals surface area contributed by atoms with E-state index in [4.69, 9.17) is 30.4 Å². The highest BCUT2D eigenvalue weighted by Gasteiger charge is 2.20. The molecule has 2 unspecified atom stereocenters. The Morgan fingerprint density at radius 2 is 1.08 bits per heavy atom. The summed E-state index contributed by atoms with van der Waals surface area (Å²) in [5.41, 5.74) is 12.9. The summed E-state index contributed by atoms with van der Waals surface area (Å²) >= 11 is 3.16. The summed E-state index contributed by atoms with van der Waals surface area (Å²) in [5, 5.41) is 0. The van der Waals surface area contributed by atoms with E-state index in [2.05, 4.69) is 37.5 Å². The van der Waals surface area contributed by atoms with Gasteiger partial charge in [0.2, 0.25) is 0 Å². The lowest BCUT2D eigenvalue weighted by Gasteiger charge is -2.25. The van der Waals surface area contributed by atoms with Gasteiger partial charge in [-0.15, -0.1) is 22.7 Å². The van der Waals surface area contributed by atoms with Crippen molar-refractivity contribution < 1.29 is 28.5 Å². The number of ether oxygens (including phenoxy) is 4. The van der Waals surface area contributed by atoms with Crippen LogP contribution in [0.15, 0.2) is 36.4 Å². The number of carbonyl (C=O) groups excluding carboxylic acids is 2. The maximum Gasteiger partial charge on any atom is 0.331 e. The van der Waals surface area contributed by atoms with Gasteiger partial charge in [0.1, 0.15) is 13.2 Å². The third-order valence-electron chi connectivity index (χ3n) is 9.80. The van der Waals surface area contributed by atoms with Gasteiger partial charge in [-0.05, 0) is 112 Å². The molecule has 2 fully saturated rings. The molecular weight excluding hydrogens is 693 g/mol. The molecule has 0 aliphatic heterocycles. The zero-order chi connectivity index (χ0) is 37.3. The van der Waals surface area contributed by atoms with Crippen LogP contribution in [0.25, 0.3) is 0 Å². The normalized spacial score (nSPS) is 22.7. The number of carbonyl (C=O) groups is 2. The van der Waals surface area contributed by atoms with Crippen LogP contribution in [-0.4, -0.2) is 50.6 Å². The summed E-state index contributed by atoms with van der Waals surface area (Å²) in [6.45, 7) is 9.85. The van der Waals surface area contributed by atoms with Crippen LogP contribution in [0.5, 0.6) is 0 Å². The summed E-state index contributed by atoms with van der Waals surface area (Å²) in [6, 6.07) is 7.62. The molecule has 4 rings (SSSR count). The molecule has 2 saturated carbocycles. The van der Waals surface area contributed by atoms with E-state index in [9.17, 15) is 9.59 Å². The molecule has 2 aromatic heterocycles. The van der Waals surface area contributed by atoms with Crippen molar-refractivity contribution in [3.63, 3.8) is 0 Å². The number of thiophene rings is 2. The second kappa shape index (κ2) is 22.3. The van der Waals surface area contributed by atoms with E-state index in [0.29, 0.717) is 38.3 Å². The first kappa shape index (κ1) is 41.8. The smallest absolute Gasteiger partial charge is 0.331 e. The Labute approximate surface area is 319 Å². The molecule has 2 aliphatic rings. The highest BCUT2D eigenvalue weighted by molar-refractivity contribution is 7.12. The van der Waals surface area contributed by atoms with Gasteiger partial charge in [0.05, 0.1) is 35.2 Å². The lowest BCUT2D eigenvalue weighted by molar-refractivity contribution is -0.141. The summed E-state index contributed by atoms with van der Waals surface area (Å²) in [6.07, 6.45) is 13.6. The molecule has 2 heterocycles. The van der Waals surface area contributed by atoms with Gasteiger partial charge in [-0.3, -0.25) is 0 Å². The monoisotopic (exact) mass is 750 g/mol. The fourth-order valence-electron chi connectivity index (χ4n) is 6.51. The van der Waals surface area contributed by atoms with E-state index in [1.54, 1.807) is 22.7 Å². The van der Waals surface area contributed by atoms with E-state index < -0.39 is 11.9 Å². The van der Waals surface area contributed by atoms with Crippen molar-refractivity contribution in [2.24, 2.45) is 35.1 Å². The zero-order valence-corrected chi connectivity index (χ0v) is 33.0. The summed E-state index contributed by atoms with van der Waals surface area (Å²) < 4.78 is 22.6. The van der Waals surface area contributed by atoms with Crippen LogP contribution in [-0.2, 0) is 28.5 Å². The number of rotatable bonds is 16. The fraction of sp³-hybridized carbons (Fsp3) is 0.619. The zero-order valence-electron chi connectivity index (χ0n) is 31.4. The lowest BCUT2D eigenvalue weighted by Crippen LogP contribution is -2.20. The summed E-state index contributed by atoms with van der Waals surface area (Å²) in [4.78, 5) is 28.5. The molecule has 4 N–H and O–H groups in total. The maximum absolute atomic E-state index is 12.3. The third-order valence-corrected chi connectivity index (χ3v) is 12.1. The van der Waals surface area contributed by atoms with Gasteiger partial charge in [-0.25, -0.2) is 9.59 Å². The van der Waals surface area contributed by atoms with E-state index in [1.807, 2.05) is 38.1 Å². The minimum Gasteiger partial charge on any atom is -0.462 e. The number of hydrogen-bond acceptors (Lipinski definition) is 10. The molecule has 0 bridgehead atoms. The summed E-state index contributed by atoms with van der Waals surface area (Å²) in [5.74, 6) is 13.1. The van der Waals surface area contributed by atoms with Gasteiger partial charge in [-0.1, -0.05) is 51.4 Å². The molecule has 0 radical (unpaired) electrons. The van der Waals surface area contributed by atoms with Crippen molar-refractivity contribution >= 4 is 34.6 Å². The Bertz CT molecular complexity index is 1430. The minimum atomic E-state index is -0.599. The van der Waals surface area contributed by atoms with E-state index >= 15 is 0 Å². The van der Waals surface area contributed by atoms with Crippen LogP contribution in [0.4, 0.5) is 0 Å². The van der Waals surface area contributed by atoms with Gasteiger partial charge in [0.25, 0.3) is 0 Å². The molecule has 0 amide bonds. The molecule has 8 nitrogen and oxygen atoms in total. The Hall–Kier alpha value is -2.96. The van der Waals surface area contributed by atoms with E-state index in [0.717, 1.165) is 69.2 Å². The molecule has 0 spiro atoms. The average Bonchev–Trinajstić information content (AvgIpc) is 3.81. The minimum absolute atomic E-state index is 0.0309. The molecular formula is C42H58N2O6S2. The van der Waals surface area contributed by atoms with Gasteiger partial charge in [0.15, 0.2) is 0 Å². The van der Waals surface area contributed by atoms with Crippen LogP contribution in [0, 0.1) is 47.4 Å². The van der Waals surface area contributed by atoms with Crippen LogP contribution in [0.1, 0.15) is 123 Å². The first-order chi connectivity index (χ1) is 25.0. The standard InChI is InChI=1S/C42H58N2O6S2/c1-29-9-13-33(14-10-29)47-23-5-7-35-17-19-39(51-35)37(43)25-31(3)27-49-41(45)21-22-42(46)50-28-32(4)26-38(44)40-20-18-36(52-40)8-6-24-48-34-15-11-30(2)12-16-34/h17-22,29-34,37-38H,9-16,23-28,43-44H2,1-4H3/b22-21-/t29?,30?,31-,32-,33?,34?,37?,38?/m1/s1. The first-order valence-corrected chi connectivity index (χ1v) is 20.6. The Morgan fingerprint density at radius 3 is 1.46 bits per heavy atom. The lowest BCUT2D eigenvalue weighted by atomic mass is 9.89. The van der Waals surface area contributed by atoms with Crippen LogP contribution >= 0.6 is 22.7 Å². The van der Waals surface area contributed by atoms with E-state index in [-0.39, 0.29) is 37.1 Å². The van der Waals surface area contributed by atoms with Gasteiger partial charge in [-0.2, -0.15) is 0 Å². The molecule has 284 valence electrons. The van der Waals surface area contributed by atoms with Crippen molar-refractivity contribution in [1.82, 2.24) is 0 Å². The molecule has 4 atom stereocenters. The van der Waals surface area contributed by atoms with E-state index in [1.165, 1.54) is 25.7 Å². The maximum atomic E-state index is 12.3. The summed E-state index contributed by atoms with van der Waals surface area (Å²) in [7, 11) is 0. The van der Waals surface area contributed by atoms with Gasteiger partial charge >= 0.3 is 11.9 Å². The number of nitrogens with two attached hydrogens (primary N) is 2. The Morgan fingerprint density at radius 1 is 0.692 bits per heavy atom. The van der Waals surface area contributed by atoms with Crippen molar-refractivity contribution in [2.75, 3.05) is 26.4 Å². The van der Waals surface area contributed by atoms with Crippen molar-refractivity contribution in [1.29, 1.82) is 0 Å². The fourth-order valence-corrected chi connectivity index (χ4v) is 8.31. The molecule has 52 heavy (non-hydrogen) atoms. The molecule has 2 aromatic rings. The van der Waals surface area contributed by atoms with Gasteiger partial charge in [0, 0.05) is 34.0 Å². The topological polar surface area (TPSA) is 123 Å². The first-order valence-electron chi connectivity index (χ1n) is 19.0. The largest absolute Gasteiger partial charge is 0.462 e. The molecule has 2 aliphatic carbocycles. The second-order valence-electron chi connectivity index (χ2n) is 14.9. The molecule has 0 aromatic carbocycles. The Kier molecular flexibility index (Phi) is 17.9. The predicted molar refractivity (Wildman–Crippen MR) is 210 cm³/mol.